The molecule has 0 N–H and O–H groups in total. The van der Waals surface area contributed by atoms with Crippen LogP contribution in [0.3, 0.4) is 0 Å². The van der Waals surface area contributed by atoms with Crippen molar-refractivity contribution in [3.05, 3.63) is 23.3 Å². The molecule has 1 aromatic rings. The largest absolute Gasteiger partial charge is 0.488 e. The molecule has 0 atom stereocenters. The second kappa shape index (κ2) is 8.63. The smallest absolute Gasteiger partial charge is 0.444 e. The molecular weight excluding hydrogens is 446 g/mol. The number of carbonyl (C=O) groups excluding carboxylic acids is 1. The SMILES string of the molecule is Cc1c(CN2CCN(C(=O)OC(C)(C)C)CC2)cc(S(=O)(=O)F)cc1OS(=O)(=O)F. The van der Waals surface area contributed by atoms with Gasteiger partial charge >= 0.3 is 26.8 Å². The second-order valence-corrected chi connectivity index (χ2v) is 10.2. The van der Waals surface area contributed by atoms with Crippen LogP contribution in [0.25, 0.3) is 0 Å². The third kappa shape index (κ3) is 7.06. The Labute approximate surface area is 175 Å². The van der Waals surface area contributed by atoms with Crippen molar-refractivity contribution in [1.29, 1.82) is 0 Å². The molecule has 1 aliphatic heterocycles. The normalized spacial score (nSPS) is 16.4. The van der Waals surface area contributed by atoms with Crippen LogP contribution in [0.1, 0.15) is 31.9 Å². The van der Waals surface area contributed by atoms with Crippen LogP contribution in [0.5, 0.6) is 5.75 Å². The van der Waals surface area contributed by atoms with E-state index in [-0.39, 0.29) is 17.7 Å². The Morgan fingerprint density at radius 3 is 2.10 bits per heavy atom. The van der Waals surface area contributed by atoms with Gasteiger partial charge in [-0.1, -0.05) is 3.89 Å². The maximum absolute atomic E-state index is 13.5. The summed E-state index contributed by atoms with van der Waals surface area (Å²) in [5.74, 6) is -0.612. The van der Waals surface area contributed by atoms with Crippen LogP contribution in [0.4, 0.5) is 12.6 Å². The lowest BCUT2D eigenvalue weighted by molar-refractivity contribution is 0.0138. The van der Waals surface area contributed by atoms with Gasteiger partial charge in [0.25, 0.3) is 0 Å². The molecule has 0 spiro atoms. The third-order valence-electron chi connectivity index (χ3n) is 4.33. The number of hydrogen-bond acceptors (Lipinski definition) is 8. The Bertz CT molecular complexity index is 1010. The molecular formula is C17H24F2N2O7S2. The maximum atomic E-state index is 13.5. The summed E-state index contributed by atoms with van der Waals surface area (Å²) in [6.07, 6.45) is -0.451. The lowest BCUT2D eigenvalue weighted by Gasteiger charge is -2.35. The monoisotopic (exact) mass is 470 g/mol. The lowest BCUT2D eigenvalue weighted by atomic mass is 10.1. The van der Waals surface area contributed by atoms with E-state index in [1.807, 2.05) is 4.90 Å². The Morgan fingerprint density at radius 1 is 1.07 bits per heavy atom. The average Bonchev–Trinajstić information content (AvgIpc) is 2.55. The minimum Gasteiger partial charge on any atom is -0.444 e. The lowest BCUT2D eigenvalue weighted by Crippen LogP contribution is -2.49. The molecule has 9 nitrogen and oxygen atoms in total. The first-order valence-electron chi connectivity index (χ1n) is 8.98. The Morgan fingerprint density at radius 2 is 1.63 bits per heavy atom. The molecule has 0 aliphatic carbocycles. The van der Waals surface area contributed by atoms with Gasteiger partial charge in [-0.15, -0.1) is 3.89 Å². The number of hydrogen-bond donors (Lipinski definition) is 0. The highest BCUT2D eigenvalue weighted by molar-refractivity contribution is 7.86. The zero-order chi connectivity index (χ0) is 22.9. The van der Waals surface area contributed by atoms with Crippen molar-refractivity contribution in [3.63, 3.8) is 0 Å². The summed E-state index contributed by atoms with van der Waals surface area (Å²) in [5, 5.41) is 0. The van der Waals surface area contributed by atoms with Gasteiger partial charge < -0.3 is 13.8 Å². The summed E-state index contributed by atoms with van der Waals surface area (Å²) in [6.45, 7) is 8.29. The first-order chi connectivity index (χ1) is 13.5. The van der Waals surface area contributed by atoms with Gasteiger partial charge in [0.1, 0.15) is 16.2 Å². The third-order valence-corrected chi connectivity index (χ3v) is 5.51. The quantitative estimate of drug-likeness (QED) is 0.603. The van der Waals surface area contributed by atoms with Crippen LogP contribution in [0.15, 0.2) is 17.0 Å². The van der Waals surface area contributed by atoms with E-state index in [0.29, 0.717) is 32.2 Å². The summed E-state index contributed by atoms with van der Waals surface area (Å²) < 4.78 is 80.2. The van der Waals surface area contributed by atoms with Crippen molar-refractivity contribution in [2.45, 2.75) is 44.7 Å². The molecule has 13 heteroatoms. The number of nitrogens with zero attached hydrogens (tertiary/aromatic N) is 2. The highest BCUT2D eigenvalue weighted by atomic mass is 32.3. The predicted molar refractivity (Wildman–Crippen MR) is 103 cm³/mol. The molecule has 0 radical (unpaired) electrons. The molecule has 2 rings (SSSR count). The molecule has 0 aromatic heterocycles. The topological polar surface area (TPSA) is 110 Å². The number of benzene rings is 1. The fraction of sp³-hybridized carbons (Fsp3) is 0.588. The number of rotatable bonds is 5. The molecule has 1 aromatic carbocycles. The van der Waals surface area contributed by atoms with Crippen LogP contribution < -0.4 is 4.18 Å². The van der Waals surface area contributed by atoms with E-state index >= 15 is 0 Å². The number of halogens is 2. The van der Waals surface area contributed by atoms with Crippen molar-refractivity contribution >= 4 is 26.8 Å². The fourth-order valence-electron chi connectivity index (χ4n) is 2.87. The molecule has 0 unspecified atom stereocenters. The van der Waals surface area contributed by atoms with Gasteiger partial charge in [0.2, 0.25) is 0 Å². The minimum atomic E-state index is -5.43. The summed E-state index contributed by atoms with van der Waals surface area (Å²) in [6, 6.07) is 1.66. The molecule has 0 bridgehead atoms. The predicted octanol–water partition coefficient (Wildman–Crippen LogP) is 2.30. The fourth-order valence-corrected chi connectivity index (χ4v) is 3.79. The Kier molecular flexibility index (Phi) is 6.99. The van der Waals surface area contributed by atoms with Crippen molar-refractivity contribution < 1.29 is 38.3 Å². The Hall–Kier alpha value is -1.99. The molecule has 1 aliphatic rings. The number of ether oxygens (including phenoxy) is 1. The number of piperazine rings is 1. The zero-order valence-electron chi connectivity index (χ0n) is 17.0. The molecule has 1 heterocycles. The minimum absolute atomic E-state index is 0.111. The van der Waals surface area contributed by atoms with Crippen molar-refractivity contribution in [2.75, 3.05) is 26.2 Å². The summed E-state index contributed by atoms with van der Waals surface area (Å²) in [4.78, 5) is 14.7. The Balaban J connectivity index is 2.19. The zero-order valence-corrected chi connectivity index (χ0v) is 18.6. The van der Waals surface area contributed by atoms with Crippen molar-refractivity contribution in [2.24, 2.45) is 0 Å². The number of amides is 1. The van der Waals surface area contributed by atoms with E-state index in [4.69, 9.17) is 4.74 Å². The van der Waals surface area contributed by atoms with Gasteiger partial charge in [-0.05, 0) is 44.9 Å². The first kappa shape index (κ1) is 24.3. The molecule has 1 saturated heterocycles. The van der Waals surface area contributed by atoms with E-state index in [9.17, 15) is 29.4 Å². The van der Waals surface area contributed by atoms with Gasteiger partial charge in [0, 0.05) is 38.8 Å². The molecule has 0 saturated carbocycles. The highest BCUT2D eigenvalue weighted by Crippen LogP contribution is 2.30. The van der Waals surface area contributed by atoms with Crippen LogP contribution >= 0.6 is 0 Å². The summed E-state index contributed by atoms with van der Waals surface area (Å²) in [7, 11) is -10.6. The van der Waals surface area contributed by atoms with Gasteiger partial charge in [-0.25, -0.2) is 4.79 Å². The maximum Gasteiger partial charge on any atom is 0.488 e. The molecule has 30 heavy (non-hydrogen) atoms. The highest BCUT2D eigenvalue weighted by Gasteiger charge is 2.27. The molecule has 170 valence electrons. The van der Waals surface area contributed by atoms with Gasteiger partial charge in [0.05, 0.1) is 0 Å². The van der Waals surface area contributed by atoms with Crippen LogP contribution in [0.2, 0.25) is 0 Å². The summed E-state index contributed by atoms with van der Waals surface area (Å²) >= 11 is 0. The van der Waals surface area contributed by atoms with Crippen LogP contribution in [-0.2, 0) is 32.0 Å². The van der Waals surface area contributed by atoms with Crippen molar-refractivity contribution in [1.82, 2.24) is 9.80 Å². The molecule has 1 fully saturated rings. The standard InChI is InChI=1S/C17H24F2N2O7S2/c1-12-13(9-14(29(18,23)24)10-15(12)28-30(19,25)26)11-20-5-7-21(8-6-20)16(22)27-17(2,3)4/h9-10H,5-8,11H2,1-4H3. The first-order valence-corrected chi connectivity index (χ1v) is 11.7. The molecule has 1 amide bonds. The van der Waals surface area contributed by atoms with Crippen LogP contribution in [0, 0.1) is 6.92 Å². The van der Waals surface area contributed by atoms with E-state index in [0.717, 1.165) is 6.07 Å². The van der Waals surface area contributed by atoms with E-state index in [1.165, 1.54) is 11.8 Å². The number of carbonyl (C=O) groups is 1. The van der Waals surface area contributed by atoms with E-state index in [2.05, 4.69) is 4.18 Å². The van der Waals surface area contributed by atoms with Crippen molar-refractivity contribution in [3.8, 4) is 5.75 Å². The van der Waals surface area contributed by atoms with Crippen LogP contribution in [-0.4, -0.2) is 64.5 Å². The van der Waals surface area contributed by atoms with E-state index < -0.39 is 43.1 Å². The van der Waals surface area contributed by atoms with Gasteiger partial charge in [-0.2, -0.15) is 16.8 Å². The van der Waals surface area contributed by atoms with Gasteiger partial charge in [-0.3, -0.25) is 4.90 Å². The summed E-state index contributed by atoms with van der Waals surface area (Å²) in [5.41, 5.74) is -0.229. The second-order valence-electron chi connectivity index (χ2n) is 7.86. The van der Waals surface area contributed by atoms with E-state index in [1.54, 1.807) is 20.8 Å². The average molecular weight is 471 g/mol. The van der Waals surface area contributed by atoms with Gasteiger partial charge in [0.15, 0.2) is 0 Å².